The van der Waals surface area contributed by atoms with Gasteiger partial charge in [0.05, 0.1) is 30.4 Å². The summed E-state index contributed by atoms with van der Waals surface area (Å²) in [5.74, 6) is -1.09. The number of furan rings is 1. The summed E-state index contributed by atoms with van der Waals surface area (Å²) in [5.41, 5.74) is 3.49. The summed E-state index contributed by atoms with van der Waals surface area (Å²) in [6.45, 7) is 7.19. The molecule has 1 aromatic heterocycles. The van der Waals surface area contributed by atoms with Gasteiger partial charge in [-0.1, -0.05) is 36.9 Å². The molecular weight excluding hydrogens is 434 g/mol. The molecule has 0 spiro atoms. The number of methoxy groups -OCH3 is 1. The number of ketones is 1. The molecule has 0 N–H and O–H groups in total. The predicted molar refractivity (Wildman–Crippen MR) is 127 cm³/mol. The average molecular weight is 455 g/mol. The Kier molecular flexibility index (Phi) is 4.97. The van der Waals surface area contributed by atoms with Crippen molar-refractivity contribution in [2.24, 2.45) is 0 Å². The molecule has 0 saturated heterocycles. The number of benzene rings is 2. The molecule has 0 fully saturated rings. The fraction of sp³-hybridized carbons (Fsp3) is 0.148. The molecule has 0 bridgehead atoms. The molecule has 0 radical (unpaired) electrons. The fourth-order valence-corrected chi connectivity index (χ4v) is 4.37. The first-order valence-electron chi connectivity index (χ1n) is 10.7. The van der Waals surface area contributed by atoms with Gasteiger partial charge in [-0.3, -0.25) is 4.79 Å². The normalized spacial score (nSPS) is 17.5. The van der Waals surface area contributed by atoms with E-state index in [9.17, 15) is 14.4 Å². The van der Waals surface area contributed by atoms with Crippen LogP contribution < -0.4 is 9.64 Å². The van der Waals surface area contributed by atoms with E-state index in [2.05, 4.69) is 6.58 Å². The maximum Gasteiger partial charge on any atom is 0.360 e. The maximum absolute atomic E-state index is 13.4. The number of hydrogen-bond donors (Lipinski definition) is 0. The first kappa shape index (κ1) is 21.5. The highest BCUT2D eigenvalue weighted by Gasteiger charge is 2.40. The lowest BCUT2D eigenvalue weighted by Gasteiger charge is -2.34. The number of fused-ring (bicyclic) bond motifs is 7. The molecule has 2 aliphatic rings. The summed E-state index contributed by atoms with van der Waals surface area (Å²) in [5, 5.41) is 0.686. The zero-order valence-corrected chi connectivity index (χ0v) is 18.9. The molecule has 34 heavy (non-hydrogen) atoms. The molecule has 7 nitrogen and oxygen atoms in total. The molecular formula is C27H21NO6. The highest BCUT2D eigenvalue weighted by atomic mass is 16.5. The second-order valence-corrected chi connectivity index (χ2v) is 8.21. The predicted octanol–water partition coefficient (Wildman–Crippen LogP) is 5.22. The van der Waals surface area contributed by atoms with Crippen LogP contribution in [0.1, 0.15) is 47.1 Å². The Bertz CT molecular complexity index is 1470. The van der Waals surface area contributed by atoms with Crippen LogP contribution in [-0.2, 0) is 14.3 Å². The van der Waals surface area contributed by atoms with Crippen molar-refractivity contribution in [1.29, 1.82) is 0 Å². The molecule has 2 aromatic carbocycles. The van der Waals surface area contributed by atoms with E-state index in [1.807, 2.05) is 49.4 Å². The average Bonchev–Trinajstić information content (AvgIpc) is 3.20. The van der Waals surface area contributed by atoms with Gasteiger partial charge in [0, 0.05) is 11.1 Å². The standard InChI is InChI=1S/C27H21NO6/c1-14(2)22-12-17-11-18(15(3)29)26-24(25(17)33-22)20-10-9-16-7-5-6-8-19(16)28(20)21(27(31)34-26)13-23(30)32-4/h5-13,20H,1H2,2-4H3/b21-13+. The Balaban J connectivity index is 1.89. The van der Waals surface area contributed by atoms with Crippen LogP contribution in [-0.4, -0.2) is 24.8 Å². The highest BCUT2D eigenvalue weighted by molar-refractivity contribution is 6.08. The second-order valence-electron chi connectivity index (χ2n) is 8.21. The van der Waals surface area contributed by atoms with Crippen molar-refractivity contribution in [2.75, 3.05) is 12.0 Å². The Hall–Kier alpha value is -4.39. The summed E-state index contributed by atoms with van der Waals surface area (Å²) >= 11 is 0. The van der Waals surface area contributed by atoms with Crippen LogP contribution in [0.2, 0.25) is 0 Å². The number of Topliss-reactive ketones (excluding diaryl/α,β-unsaturated/α-hetero) is 1. The molecule has 1 atom stereocenters. The fourth-order valence-electron chi connectivity index (χ4n) is 4.37. The van der Waals surface area contributed by atoms with E-state index in [1.165, 1.54) is 14.0 Å². The van der Waals surface area contributed by atoms with Crippen LogP contribution in [0.5, 0.6) is 5.75 Å². The molecule has 0 saturated carbocycles. The van der Waals surface area contributed by atoms with Gasteiger partial charge in [0.15, 0.2) is 11.5 Å². The van der Waals surface area contributed by atoms with Gasteiger partial charge < -0.3 is 18.8 Å². The van der Waals surface area contributed by atoms with Gasteiger partial charge in [-0.15, -0.1) is 0 Å². The number of nitrogens with zero attached hydrogens (tertiary/aromatic N) is 1. The first-order chi connectivity index (χ1) is 16.3. The minimum Gasteiger partial charge on any atom is -0.466 e. The molecule has 0 aliphatic carbocycles. The Morgan fingerprint density at radius 3 is 2.65 bits per heavy atom. The number of allylic oxidation sites excluding steroid dienone is 1. The molecule has 3 aromatic rings. The van der Waals surface area contributed by atoms with E-state index in [4.69, 9.17) is 13.9 Å². The van der Waals surface area contributed by atoms with Gasteiger partial charge in [0.2, 0.25) is 0 Å². The smallest absolute Gasteiger partial charge is 0.360 e. The van der Waals surface area contributed by atoms with E-state index in [1.54, 1.807) is 11.0 Å². The third-order valence-corrected chi connectivity index (χ3v) is 5.94. The second kappa shape index (κ2) is 7.88. The number of carbonyl (C=O) groups is 3. The molecule has 3 heterocycles. The van der Waals surface area contributed by atoms with Crippen molar-refractivity contribution in [3.05, 3.63) is 83.3 Å². The van der Waals surface area contributed by atoms with Crippen LogP contribution in [0.15, 0.2) is 65.2 Å². The molecule has 170 valence electrons. The lowest BCUT2D eigenvalue weighted by molar-refractivity contribution is -0.136. The van der Waals surface area contributed by atoms with Crippen molar-refractivity contribution < 1.29 is 28.3 Å². The van der Waals surface area contributed by atoms with Gasteiger partial charge in [-0.25, -0.2) is 9.59 Å². The van der Waals surface area contributed by atoms with Crippen molar-refractivity contribution in [2.45, 2.75) is 19.9 Å². The van der Waals surface area contributed by atoms with Crippen LogP contribution >= 0.6 is 0 Å². The quantitative estimate of drug-likeness (QED) is 0.232. The van der Waals surface area contributed by atoms with E-state index < -0.39 is 18.0 Å². The summed E-state index contributed by atoms with van der Waals surface area (Å²) in [6.07, 6.45) is 4.92. The van der Waals surface area contributed by atoms with E-state index in [0.29, 0.717) is 33.6 Å². The number of hydrogen-bond acceptors (Lipinski definition) is 7. The summed E-state index contributed by atoms with van der Waals surface area (Å²) in [4.78, 5) is 40.0. The number of anilines is 1. The molecule has 2 aliphatic heterocycles. The lowest BCUT2D eigenvalue weighted by Crippen LogP contribution is -2.32. The van der Waals surface area contributed by atoms with Crippen molar-refractivity contribution in [3.8, 4) is 5.75 Å². The van der Waals surface area contributed by atoms with Gasteiger partial charge in [0.1, 0.15) is 17.0 Å². The monoisotopic (exact) mass is 455 g/mol. The van der Waals surface area contributed by atoms with Crippen molar-refractivity contribution in [1.82, 2.24) is 0 Å². The van der Waals surface area contributed by atoms with Crippen LogP contribution in [0, 0.1) is 0 Å². The van der Waals surface area contributed by atoms with E-state index in [-0.39, 0.29) is 22.8 Å². The summed E-state index contributed by atoms with van der Waals surface area (Å²) in [6, 6.07) is 10.3. The Morgan fingerprint density at radius 2 is 1.94 bits per heavy atom. The van der Waals surface area contributed by atoms with Crippen LogP contribution in [0.25, 0.3) is 22.6 Å². The van der Waals surface area contributed by atoms with Crippen LogP contribution in [0.4, 0.5) is 5.69 Å². The van der Waals surface area contributed by atoms with Gasteiger partial charge in [0.25, 0.3) is 0 Å². The molecule has 0 amide bonds. The van der Waals surface area contributed by atoms with Crippen molar-refractivity contribution >= 4 is 46.0 Å². The largest absolute Gasteiger partial charge is 0.466 e. The SMILES string of the molecule is C=C(C)c1cc2cc(C(C)=O)c3c(c2o1)C1C=Cc2ccccc2N1/C(=C/C(=O)OC)C(=O)O3. The topological polar surface area (TPSA) is 86.0 Å². The highest BCUT2D eigenvalue weighted by Crippen LogP contribution is 2.49. The third-order valence-electron chi connectivity index (χ3n) is 5.94. The number of ether oxygens (including phenoxy) is 2. The first-order valence-corrected chi connectivity index (χ1v) is 10.7. The van der Waals surface area contributed by atoms with Crippen molar-refractivity contribution in [3.63, 3.8) is 0 Å². The molecule has 1 unspecified atom stereocenters. The Morgan fingerprint density at radius 1 is 1.18 bits per heavy atom. The van der Waals surface area contributed by atoms with Gasteiger partial charge in [-0.05, 0) is 43.2 Å². The Labute approximate surface area is 195 Å². The summed E-state index contributed by atoms with van der Waals surface area (Å²) < 4.78 is 16.8. The number of carbonyl (C=O) groups excluding carboxylic acids is 3. The number of para-hydroxylation sites is 1. The number of esters is 2. The lowest BCUT2D eigenvalue weighted by atomic mass is 9.92. The van der Waals surface area contributed by atoms with Gasteiger partial charge in [-0.2, -0.15) is 0 Å². The summed E-state index contributed by atoms with van der Waals surface area (Å²) in [7, 11) is 1.23. The third kappa shape index (κ3) is 3.25. The van der Waals surface area contributed by atoms with E-state index >= 15 is 0 Å². The molecule has 7 heteroatoms. The van der Waals surface area contributed by atoms with Crippen LogP contribution in [0.3, 0.4) is 0 Å². The number of rotatable bonds is 3. The van der Waals surface area contributed by atoms with E-state index in [0.717, 1.165) is 11.6 Å². The van der Waals surface area contributed by atoms with Gasteiger partial charge >= 0.3 is 11.9 Å². The zero-order valence-electron chi connectivity index (χ0n) is 18.9. The zero-order chi connectivity index (χ0) is 24.1. The molecule has 5 rings (SSSR count). The maximum atomic E-state index is 13.4. The minimum atomic E-state index is -0.784. The minimum absolute atomic E-state index is 0.0146.